The van der Waals surface area contributed by atoms with E-state index in [1.54, 1.807) is 17.1 Å². The lowest BCUT2D eigenvalue weighted by atomic mass is 10.1. The van der Waals surface area contributed by atoms with Crippen LogP contribution in [0.25, 0.3) is 5.69 Å². The normalized spacial score (nSPS) is 12.5. The lowest BCUT2D eigenvalue weighted by Gasteiger charge is -2.13. The summed E-state index contributed by atoms with van der Waals surface area (Å²) in [5, 5.41) is 6.99. The zero-order chi connectivity index (χ0) is 14.4. The Labute approximate surface area is 118 Å². The molecule has 1 amide bonds. The summed E-state index contributed by atoms with van der Waals surface area (Å²) in [5.41, 5.74) is 1.99. The van der Waals surface area contributed by atoms with Crippen molar-refractivity contribution in [2.75, 3.05) is 0 Å². The van der Waals surface area contributed by atoms with Crippen LogP contribution < -0.4 is 5.32 Å². The molecule has 1 atom stereocenters. The third-order valence-electron chi connectivity index (χ3n) is 2.94. The topological polar surface area (TPSA) is 59.8 Å². The molecule has 1 N–H and O–H groups in total. The summed E-state index contributed by atoms with van der Waals surface area (Å²) >= 11 is 0. The van der Waals surface area contributed by atoms with Crippen LogP contribution in [0.2, 0.25) is 0 Å². The van der Waals surface area contributed by atoms with Crippen LogP contribution in [0.15, 0.2) is 49.1 Å². The molecule has 2 rings (SSSR count). The number of nitrogens with zero attached hydrogens (tertiary/aromatic N) is 3. The molecule has 0 aliphatic rings. The van der Waals surface area contributed by atoms with Gasteiger partial charge in [-0.05, 0) is 37.1 Å². The van der Waals surface area contributed by atoms with Gasteiger partial charge in [0.15, 0.2) is 0 Å². The van der Waals surface area contributed by atoms with Crippen LogP contribution in [0, 0.1) is 0 Å². The molecule has 0 fully saturated rings. The summed E-state index contributed by atoms with van der Waals surface area (Å²) < 4.78 is 1.69. The molecule has 1 unspecified atom stereocenters. The van der Waals surface area contributed by atoms with E-state index in [-0.39, 0.29) is 11.9 Å². The molecule has 5 nitrogen and oxygen atoms in total. The second kappa shape index (κ2) is 6.65. The number of amides is 1. The first-order chi connectivity index (χ1) is 9.70. The van der Waals surface area contributed by atoms with Gasteiger partial charge in [-0.1, -0.05) is 25.1 Å². The summed E-state index contributed by atoms with van der Waals surface area (Å²) in [6, 6.07) is 7.83. The third-order valence-corrected chi connectivity index (χ3v) is 2.94. The highest BCUT2D eigenvalue weighted by Gasteiger charge is 2.07. The van der Waals surface area contributed by atoms with Crippen molar-refractivity contribution in [1.82, 2.24) is 20.1 Å². The van der Waals surface area contributed by atoms with E-state index in [4.69, 9.17) is 0 Å². The van der Waals surface area contributed by atoms with E-state index in [1.165, 1.54) is 6.33 Å². The quantitative estimate of drug-likeness (QED) is 0.849. The lowest BCUT2D eigenvalue weighted by molar-refractivity contribution is -0.117. The van der Waals surface area contributed by atoms with Crippen LogP contribution in [-0.4, -0.2) is 20.7 Å². The Bertz CT molecular complexity index is 572. The molecule has 20 heavy (non-hydrogen) atoms. The molecular weight excluding hydrogens is 252 g/mol. The molecule has 1 aromatic heterocycles. The van der Waals surface area contributed by atoms with Crippen LogP contribution in [0.5, 0.6) is 0 Å². The average Bonchev–Trinajstić information content (AvgIpc) is 2.99. The molecule has 0 saturated carbocycles. The summed E-state index contributed by atoms with van der Waals surface area (Å²) in [6.45, 7) is 3.96. The van der Waals surface area contributed by atoms with Gasteiger partial charge in [-0.2, -0.15) is 5.10 Å². The van der Waals surface area contributed by atoms with E-state index in [1.807, 2.05) is 44.2 Å². The van der Waals surface area contributed by atoms with Gasteiger partial charge in [0, 0.05) is 0 Å². The molecule has 5 heteroatoms. The zero-order valence-corrected chi connectivity index (χ0v) is 11.7. The predicted octanol–water partition coefficient (Wildman–Crippen LogP) is 2.41. The number of rotatable bonds is 5. The minimum Gasteiger partial charge on any atom is -0.346 e. The van der Waals surface area contributed by atoms with Gasteiger partial charge in [0.25, 0.3) is 0 Å². The van der Waals surface area contributed by atoms with Gasteiger partial charge in [0.1, 0.15) is 12.7 Å². The second-order valence-corrected chi connectivity index (χ2v) is 4.47. The van der Waals surface area contributed by atoms with Crippen LogP contribution in [0.3, 0.4) is 0 Å². The van der Waals surface area contributed by atoms with Gasteiger partial charge >= 0.3 is 0 Å². The Kier molecular flexibility index (Phi) is 4.65. The number of nitrogens with one attached hydrogen (secondary N) is 1. The number of allylic oxidation sites excluding steroid dienone is 1. The fourth-order valence-electron chi connectivity index (χ4n) is 1.83. The minimum atomic E-state index is -0.0697. The number of aromatic nitrogens is 3. The van der Waals surface area contributed by atoms with Crippen molar-refractivity contribution >= 4 is 5.91 Å². The standard InChI is InChI=1S/C15H18N4O/c1-3-4-5-15(20)18-12(2)13-6-8-14(9-7-13)19-11-16-10-17-19/h4-12H,3H2,1-2H3,(H,18,20). The molecule has 1 aromatic carbocycles. The molecule has 2 aromatic rings. The zero-order valence-electron chi connectivity index (χ0n) is 11.7. The first-order valence-electron chi connectivity index (χ1n) is 6.62. The largest absolute Gasteiger partial charge is 0.346 e. The Morgan fingerprint density at radius 1 is 1.40 bits per heavy atom. The highest BCUT2D eigenvalue weighted by Crippen LogP contribution is 2.15. The molecule has 0 bridgehead atoms. The molecule has 0 spiro atoms. The van der Waals surface area contributed by atoms with E-state index in [0.29, 0.717) is 0 Å². The first-order valence-corrected chi connectivity index (χ1v) is 6.62. The highest BCUT2D eigenvalue weighted by molar-refractivity contribution is 5.87. The maximum absolute atomic E-state index is 11.6. The van der Waals surface area contributed by atoms with Crippen molar-refractivity contribution in [2.45, 2.75) is 26.3 Å². The fourth-order valence-corrected chi connectivity index (χ4v) is 1.83. The van der Waals surface area contributed by atoms with E-state index in [9.17, 15) is 4.79 Å². The molecule has 0 aliphatic heterocycles. The van der Waals surface area contributed by atoms with Gasteiger partial charge in [-0.25, -0.2) is 9.67 Å². The van der Waals surface area contributed by atoms with E-state index in [0.717, 1.165) is 17.7 Å². The van der Waals surface area contributed by atoms with E-state index < -0.39 is 0 Å². The van der Waals surface area contributed by atoms with Crippen molar-refractivity contribution < 1.29 is 4.79 Å². The summed E-state index contributed by atoms with van der Waals surface area (Å²) in [4.78, 5) is 15.5. The molecule has 0 saturated heterocycles. The summed E-state index contributed by atoms with van der Waals surface area (Å²) in [5.74, 6) is -0.0697. The number of hydrogen-bond donors (Lipinski definition) is 1. The molecular formula is C15H18N4O. The van der Waals surface area contributed by atoms with E-state index in [2.05, 4.69) is 15.4 Å². The molecule has 1 heterocycles. The average molecular weight is 270 g/mol. The SMILES string of the molecule is CCC=CC(=O)NC(C)c1ccc(-n2cncn2)cc1. The summed E-state index contributed by atoms with van der Waals surface area (Å²) in [6.07, 6.45) is 7.41. The van der Waals surface area contributed by atoms with Crippen LogP contribution in [0.4, 0.5) is 0 Å². The van der Waals surface area contributed by atoms with Crippen LogP contribution >= 0.6 is 0 Å². The third kappa shape index (κ3) is 3.54. The second-order valence-electron chi connectivity index (χ2n) is 4.47. The van der Waals surface area contributed by atoms with Gasteiger partial charge in [0.05, 0.1) is 11.7 Å². The van der Waals surface area contributed by atoms with Crippen molar-refractivity contribution in [3.63, 3.8) is 0 Å². The number of benzene rings is 1. The Hall–Kier alpha value is -2.43. The van der Waals surface area contributed by atoms with Gasteiger partial charge in [0.2, 0.25) is 5.91 Å². The lowest BCUT2D eigenvalue weighted by Crippen LogP contribution is -2.24. The number of carbonyl (C=O) groups excluding carboxylic acids is 1. The van der Waals surface area contributed by atoms with E-state index >= 15 is 0 Å². The van der Waals surface area contributed by atoms with Crippen LogP contribution in [-0.2, 0) is 4.79 Å². The molecule has 0 aliphatic carbocycles. The number of carbonyl (C=O) groups is 1. The smallest absolute Gasteiger partial charge is 0.244 e. The first kappa shape index (κ1) is 14.0. The summed E-state index contributed by atoms with van der Waals surface area (Å²) in [7, 11) is 0. The molecule has 104 valence electrons. The van der Waals surface area contributed by atoms with Crippen molar-refractivity contribution in [1.29, 1.82) is 0 Å². The van der Waals surface area contributed by atoms with Gasteiger partial charge in [-0.15, -0.1) is 0 Å². The number of hydrogen-bond acceptors (Lipinski definition) is 3. The van der Waals surface area contributed by atoms with Gasteiger partial charge in [-0.3, -0.25) is 4.79 Å². The Balaban J connectivity index is 2.02. The van der Waals surface area contributed by atoms with Gasteiger partial charge < -0.3 is 5.32 Å². The maximum atomic E-state index is 11.6. The fraction of sp³-hybridized carbons (Fsp3) is 0.267. The highest BCUT2D eigenvalue weighted by atomic mass is 16.1. The van der Waals surface area contributed by atoms with Crippen LogP contribution in [0.1, 0.15) is 31.9 Å². The minimum absolute atomic E-state index is 0.0335. The maximum Gasteiger partial charge on any atom is 0.244 e. The predicted molar refractivity (Wildman–Crippen MR) is 77.3 cm³/mol. The Morgan fingerprint density at radius 2 is 2.15 bits per heavy atom. The van der Waals surface area contributed by atoms with Crippen molar-refractivity contribution in [3.05, 3.63) is 54.6 Å². The van der Waals surface area contributed by atoms with Crippen molar-refractivity contribution in [3.8, 4) is 5.69 Å². The van der Waals surface area contributed by atoms with Crippen molar-refractivity contribution in [2.24, 2.45) is 0 Å². The Morgan fingerprint density at radius 3 is 2.75 bits per heavy atom. The molecule has 0 radical (unpaired) electrons. The monoisotopic (exact) mass is 270 g/mol.